The second kappa shape index (κ2) is 10.4. The molecule has 0 aromatic carbocycles. The standard InChI is InChI=1S/C12H27NO2/c1-4-5-9-15-10-7-13-12(6-8-14)11(2)3/h11-14H,4-10H2,1-3H3. The quantitative estimate of drug-likeness (QED) is 0.548. The van der Waals surface area contributed by atoms with E-state index in [0.717, 1.165) is 32.6 Å². The fourth-order valence-corrected chi connectivity index (χ4v) is 1.48. The lowest BCUT2D eigenvalue weighted by Gasteiger charge is -2.21. The fourth-order valence-electron chi connectivity index (χ4n) is 1.48. The fraction of sp³-hybridized carbons (Fsp3) is 1.00. The van der Waals surface area contributed by atoms with Gasteiger partial charge in [-0.1, -0.05) is 27.2 Å². The van der Waals surface area contributed by atoms with Crippen molar-refractivity contribution in [2.45, 2.75) is 46.1 Å². The van der Waals surface area contributed by atoms with Crippen LogP contribution in [0, 0.1) is 5.92 Å². The molecule has 0 aliphatic heterocycles. The van der Waals surface area contributed by atoms with Crippen molar-refractivity contribution in [3.63, 3.8) is 0 Å². The third kappa shape index (κ3) is 8.85. The highest BCUT2D eigenvalue weighted by atomic mass is 16.5. The summed E-state index contributed by atoms with van der Waals surface area (Å²) in [5, 5.41) is 12.3. The highest BCUT2D eigenvalue weighted by Gasteiger charge is 2.10. The smallest absolute Gasteiger partial charge is 0.0591 e. The summed E-state index contributed by atoms with van der Waals surface area (Å²) in [6, 6.07) is 0.407. The van der Waals surface area contributed by atoms with Gasteiger partial charge in [-0.25, -0.2) is 0 Å². The van der Waals surface area contributed by atoms with Gasteiger partial charge in [0.05, 0.1) is 6.61 Å². The number of nitrogens with one attached hydrogen (secondary N) is 1. The van der Waals surface area contributed by atoms with Crippen LogP contribution < -0.4 is 5.32 Å². The number of hydrogen-bond acceptors (Lipinski definition) is 3. The van der Waals surface area contributed by atoms with Crippen LogP contribution in [0.2, 0.25) is 0 Å². The normalized spacial score (nSPS) is 13.4. The van der Waals surface area contributed by atoms with Crippen molar-refractivity contribution in [1.29, 1.82) is 0 Å². The first kappa shape index (κ1) is 14.9. The Morgan fingerprint density at radius 3 is 2.53 bits per heavy atom. The molecule has 3 nitrogen and oxygen atoms in total. The zero-order valence-electron chi connectivity index (χ0n) is 10.5. The number of hydrogen-bond donors (Lipinski definition) is 2. The van der Waals surface area contributed by atoms with Crippen molar-refractivity contribution in [3.05, 3.63) is 0 Å². The van der Waals surface area contributed by atoms with Gasteiger partial charge in [0, 0.05) is 25.8 Å². The SMILES string of the molecule is CCCCOCCNC(CCO)C(C)C. The topological polar surface area (TPSA) is 41.5 Å². The first-order chi connectivity index (χ1) is 7.22. The van der Waals surface area contributed by atoms with Crippen molar-refractivity contribution < 1.29 is 9.84 Å². The van der Waals surface area contributed by atoms with Gasteiger partial charge in [-0.05, 0) is 18.8 Å². The minimum absolute atomic E-state index is 0.256. The maximum Gasteiger partial charge on any atom is 0.0591 e. The van der Waals surface area contributed by atoms with E-state index >= 15 is 0 Å². The average molecular weight is 217 g/mol. The minimum Gasteiger partial charge on any atom is -0.396 e. The van der Waals surface area contributed by atoms with Crippen LogP contribution in [-0.2, 0) is 4.74 Å². The van der Waals surface area contributed by atoms with Gasteiger partial charge < -0.3 is 15.2 Å². The third-order valence-corrected chi connectivity index (χ3v) is 2.54. The van der Waals surface area contributed by atoms with E-state index in [2.05, 4.69) is 26.1 Å². The van der Waals surface area contributed by atoms with Crippen LogP contribution >= 0.6 is 0 Å². The van der Waals surface area contributed by atoms with E-state index in [9.17, 15) is 0 Å². The molecular formula is C12H27NO2. The van der Waals surface area contributed by atoms with E-state index in [4.69, 9.17) is 9.84 Å². The van der Waals surface area contributed by atoms with Crippen molar-refractivity contribution in [3.8, 4) is 0 Å². The van der Waals surface area contributed by atoms with Crippen LogP contribution in [0.3, 0.4) is 0 Å². The lowest BCUT2D eigenvalue weighted by Crippen LogP contribution is -2.36. The maximum atomic E-state index is 8.89. The molecule has 3 heteroatoms. The molecule has 92 valence electrons. The van der Waals surface area contributed by atoms with Crippen LogP contribution in [-0.4, -0.2) is 37.5 Å². The first-order valence-electron chi connectivity index (χ1n) is 6.14. The van der Waals surface area contributed by atoms with E-state index in [1.807, 2.05) is 0 Å². The molecular weight excluding hydrogens is 190 g/mol. The number of aliphatic hydroxyl groups is 1. The lowest BCUT2D eigenvalue weighted by atomic mass is 10.0. The molecule has 0 spiro atoms. The molecule has 0 bridgehead atoms. The Morgan fingerprint density at radius 1 is 1.27 bits per heavy atom. The van der Waals surface area contributed by atoms with Crippen LogP contribution in [0.1, 0.15) is 40.0 Å². The summed E-state index contributed by atoms with van der Waals surface area (Å²) < 4.78 is 5.46. The largest absolute Gasteiger partial charge is 0.396 e. The molecule has 0 radical (unpaired) electrons. The van der Waals surface area contributed by atoms with E-state index in [1.54, 1.807) is 0 Å². The molecule has 0 aliphatic rings. The van der Waals surface area contributed by atoms with Gasteiger partial charge in [-0.3, -0.25) is 0 Å². The second-order valence-corrected chi connectivity index (χ2v) is 4.28. The summed E-state index contributed by atoms with van der Waals surface area (Å²) in [7, 11) is 0. The van der Waals surface area contributed by atoms with Crippen LogP contribution in [0.25, 0.3) is 0 Å². The van der Waals surface area contributed by atoms with Gasteiger partial charge >= 0.3 is 0 Å². The number of aliphatic hydroxyl groups excluding tert-OH is 1. The van der Waals surface area contributed by atoms with Crippen molar-refractivity contribution >= 4 is 0 Å². The van der Waals surface area contributed by atoms with Crippen molar-refractivity contribution in [2.75, 3.05) is 26.4 Å². The van der Waals surface area contributed by atoms with Gasteiger partial charge in [0.2, 0.25) is 0 Å². The van der Waals surface area contributed by atoms with Crippen molar-refractivity contribution in [1.82, 2.24) is 5.32 Å². The third-order valence-electron chi connectivity index (χ3n) is 2.54. The maximum absolute atomic E-state index is 8.89. The minimum atomic E-state index is 0.256. The Balaban J connectivity index is 3.37. The molecule has 1 unspecified atom stereocenters. The van der Waals surface area contributed by atoms with Crippen LogP contribution in [0.4, 0.5) is 0 Å². The Hall–Kier alpha value is -0.120. The van der Waals surface area contributed by atoms with E-state index in [-0.39, 0.29) is 6.61 Å². The Morgan fingerprint density at radius 2 is 2.00 bits per heavy atom. The molecule has 0 aromatic heterocycles. The Bertz CT molecular complexity index is 129. The van der Waals surface area contributed by atoms with Gasteiger partial charge in [-0.15, -0.1) is 0 Å². The zero-order valence-corrected chi connectivity index (χ0v) is 10.5. The van der Waals surface area contributed by atoms with Gasteiger partial charge in [0.1, 0.15) is 0 Å². The molecule has 0 heterocycles. The summed E-state index contributed by atoms with van der Waals surface area (Å²) in [5.74, 6) is 0.563. The predicted molar refractivity (Wildman–Crippen MR) is 64.1 cm³/mol. The molecule has 1 atom stereocenters. The molecule has 0 fully saturated rings. The zero-order chi connectivity index (χ0) is 11.5. The Kier molecular flexibility index (Phi) is 10.3. The van der Waals surface area contributed by atoms with E-state index in [1.165, 1.54) is 6.42 Å². The van der Waals surface area contributed by atoms with Crippen molar-refractivity contribution in [2.24, 2.45) is 5.92 Å². The average Bonchev–Trinajstić information content (AvgIpc) is 2.21. The number of rotatable bonds is 10. The summed E-state index contributed by atoms with van der Waals surface area (Å²) in [6.45, 7) is 9.28. The molecule has 0 aromatic rings. The summed E-state index contributed by atoms with van der Waals surface area (Å²) in [5.41, 5.74) is 0. The predicted octanol–water partition coefficient (Wildman–Crippen LogP) is 1.80. The van der Waals surface area contributed by atoms with Gasteiger partial charge in [0.25, 0.3) is 0 Å². The highest BCUT2D eigenvalue weighted by Crippen LogP contribution is 2.04. The Labute approximate surface area is 94.2 Å². The summed E-state index contributed by atoms with van der Waals surface area (Å²) in [4.78, 5) is 0. The number of unbranched alkanes of at least 4 members (excludes halogenated alkanes) is 1. The van der Waals surface area contributed by atoms with Gasteiger partial charge in [0.15, 0.2) is 0 Å². The van der Waals surface area contributed by atoms with E-state index < -0.39 is 0 Å². The van der Waals surface area contributed by atoms with Gasteiger partial charge in [-0.2, -0.15) is 0 Å². The van der Waals surface area contributed by atoms with Crippen LogP contribution in [0.5, 0.6) is 0 Å². The highest BCUT2D eigenvalue weighted by molar-refractivity contribution is 4.69. The van der Waals surface area contributed by atoms with E-state index in [0.29, 0.717) is 12.0 Å². The molecule has 0 amide bonds. The molecule has 0 saturated carbocycles. The molecule has 0 rings (SSSR count). The lowest BCUT2D eigenvalue weighted by molar-refractivity contribution is 0.127. The number of ether oxygens (including phenoxy) is 1. The summed E-state index contributed by atoms with van der Waals surface area (Å²) in [6.07, 6.45) is 3.16. The first-order valence-corrected chi connectivity index (χ1v) is 6.14. The molecule has 0 saturated heterocycles. The molecule has 2 N–H and O–H groups in total. The monoisotopic (exact) mass is 217 g/mol. The van der Waals surface area contributed by atoms with Crippen LogP contribution in [0.15, 0.2) is 0 Å². The summed E-state index contributed by atoms with van der Waals surface area (Å²) >= 11 is 0. The molecule has 0 aliphatic carbocycles. The molecule has 15 heavy (non-hydrogen) atoms. The second-order valence-electron chi connectivity index (χ2n) is 4.28.